The summed E-state index contributed by atoms with van der Waals surface area (Å²) in [6.07, 6.45) is -8.31. The number of hydrogen-bond donors (Lipinski definition) is 5. The van der Waals surface area contributed by atoms with Crippen molar-refractivity contribution >= 4 is 5.97 Å². The number of carbonyl (C=O) groups is 1. The maximum atomic E-state index is 14.3. The highest BCUT2D eigenvalue weighted by Crippen LogP contribution is 2.40. The first-order chi connectivity index (χ1) is 25.6. The molecule has 0 radical (unpaired) electrons. The van der Waals surface area contributed by atoms with Gasteiger partial charge in [-0.2, -0.15) is 0 Å². The second-order valence-electron chi connectivity index (χ2n) is 19.7. The molecule has 14 nitrogen and oxygen atoms in total. The van der Waals surface area contributed by atoms with Crippen LogP contribution in [0.5, 0.6) is 0 Å². The summed E-state index contributed by atoms with van der Waals surface area (Å²) in [4.78, 5) is 18.4. The average molecular weight is 805 g/mol. The molecule has 3 heterocycles. The van der Waals surface area contributed by atoms with E-state index in [1.54, 1.807) is 34.6 Å². The quantitative estimate of drug-likeness (QED) is 0.226. The maximum Gasteiger partial charge on any atom is 0.311 e. The van der Waals surface area contributed by atoms with Crippen molar-refractivity contribution in [2.75, 3.05) is 34.3 Å². The van der Waals surface area contributed by atoms with Gasteiger partial charge in [0.15, 0.2) is 12.6 Å². The van der Waals surface area contributed by atoms with Crippen LogP contribution in [0.3, 0.4) is 0 Å². The molecule has 14 heteroatoms. The summed E-state index contributed by atoms with van der Waals surface area (Å²) >= 11 is 0. The number of cyclic esters (lactones) is 1. The van der Waals surface area contributed by atoms with E-state index in [1.165, 1.54) is 14.0 Å². The first-order valence-corrected chi connectivity index (χ1v) is 20.9. The van der Waals surface area contributed by atoms with E-state index in [2.05, 4.69) is 25.7 Å². The minimum Gasteiger partial charge on any atom is -0.459 e. The Labute approximate surface area is 337 Å². The summed E-state index contributed by atoms with van der Waals surface area (Å²) in [5, 5.41) is 58.9. The number of likely N-dealkylation sites (N-methyl/N-ethyl adjacent to an activating group) is 2. The van der Waals surface area contributed by atoms with Gasteiger partial charge in [0.25, 0.3) is 0 Å². The van der Waals surface area contributed by atoms with Crippen LogP contribution in [0, 0.1) is 23.2 Å². The van der Waals surface area contributed by atoms with E-state index >= 15 is 0 Å². The Hall–Kier alpha value is -1.01. The van der Waals surface area contributed by atoms with Crippen molar-refractivity contribution < 1.29 is 58.7 Å². The first kappa shape index (κ1) is 49.4. The van der Waals surface area contributed by atoms with Crippen molar-refractivity contribution in [3.63, 3.8) is 0 Å². The molecule has 0 aliphatic carbocycles. The number of rotatable bonds is 8. The molecule has 3 fully saturated rings. The first-order valence-electron chi connectivity index (χ1n) is 20.9. The number of hydrogen-bond acceptors (Lipinski definition) is 14. The van der Waals surface area contributed by atoms with Crippen LogP contribution < -0.4 is 0 Å². The lowest BCUT2D eigenvalue weighted by Crippen LogP contribution is -2.61. The molecule has 0 aromatic heterocycles. The molecule has 3 aliphatic rings. The van der Waals surface area contributed by atoms with Gasteiger partial charge in [0.2, 0.25) is 0 Å². The molecule has 330 valence electrons. The van der Waals surface area contributed by atoms with E-state index in [0.29, 0.717) is 13.0 Å². The number of aliphatic hydroxyl groups is 5. The van der Waals surface area contributed by atoms with Crippen LogP contribution in [0.4, 0.5) is 0 Å². The zero-order chi connectivity index (χ0) is 42.9. The highest BCUT2D eigenvalue weighted by molar-refractivity contribution is 5.73. The third kappa shape index (κ3) is 11.6. The Bertz CT molecular complexity index is 1250. The fourth-order valence-electron chi connectivity index (χ4n) is 9.53. The second kappa shape index (κ2) is 19.1. The summed E-state index contributed by atoms with van der Waals surface area (Å²) < 4.78 is 38.0. The zero-order valence-electron chi connectivity index (χ0n) is 37.4. The number of esters is 1. The normalized spacial score (nSPS) is 47.2. The lowest BCUT2D eigenvalue weighted by Gasteiger charge is -2.49. The molecule has 56 heavy (non-hydrogen) atoms. The van der Waals surface area contributed by atoms with Crippen LogP contribution in [-0.4, -0.2) is 166 Å². The summed E-state index contributed by atoms with van der Waals surface area (Å²) in [7, 11) is 5.35. The van der Waals surface area contributed by atoms with Gasteiger partial charge in [0, 0.05) is 44.6 Å². The van der Waals surface area contributed by atoms with Gasteiger partial charge in [-0.15, -0.1) is 0 Å². The van der Waals surface area contributed by atoms with E-state index in [9.17, 15) is 30.3 Å². The fraction of sp³-hybridized carbons (Fsp3) is 0.976. The molecule has 0 spiro atoms. The predicted molar refractivity (Wildman–Crippen MR) is 213 cm³/mol. The highest BCUT2D eigenvalue weighted by Gasteiger charge is 2.53. The van der Waals surface area contributed by atoms with Crippen LogP contribution in [0.15, 0.2) is 0 Å². The van der Waals surface area contributed by atoms with E-state index in [4.69, 9.17) is 28.4 Å². The molecular weight excluding hydrogens is 724 g/mol. The van der Waals surface area contributed by atoms with Crippen LogP contribution >= 0.6 is 0 Å². The maximum absolute atomic E-state index is 14.3. The SMILES string of the molecule is CC[C@H]1OC(=O)[C@H](C)[C@@H](O[C@H]2C[C@@](C)(OC)[C@@H](O)[C@H](C)O2)[C@H](C)[C@@H](OC2O[C@H](C)C[C@H](N(C)CC(C)(C)C)[C@H]2O)[C@](C)(O)C[C@@H](C)CN(C)[C@H](C)[C@@H](O)[C@]1(C)O. The van der Waals surface area contributed by atoms with Crippen LogP contribution in [0.1, 0.15) is 116 Å². The Morgan fingerprint density at radius 3 is 2.11 bits per heavy atom. The van der Waals surface area contributed by atoms with Crippen LogP contribution in [0.2, 0.25) is 0 Å². The summed E-state index contributed by atoms with van der Waals surface area (Å²) in [6, 6.07) is -0.832. The Balaban J connectivity index is 2.18. The third-order valence-corrected chi connectivity index (χ3v) is 12.8. The monoisotopic (exact) mass is 805 g/mol. The molecule has 3 saturated heterocycles. The molecular formula is C42H80N2O12. The average Bonchev–Trinajstić information content (AvgIpc) is 3.08. The molecule has 5 N–H and O–H groups in total. The van der Waals surface area contributed by atoms with Gasteiger partial charge < -0.3 is 63.8 Å². The number of nitrogens with zero attached hydrogens (tertiary/aromatic N) is 2. The van der Waals surface area contributed by atoms with E-state index in [0.717, 1.165) is 6.54 Å². The molecule has 0 amide bonds. The van der Waals surface area contributed by atoms with Crippen molar-refractivity contribution in [3.05, 3.63) is 0 Å². The smallest absolute Gasteiger partial charge is 0.311 e. The van der Waals surface area contributed by atoms with E-state index in [-0.39, 0.29) is 42.7 Å². The van der Waals surface area contributed by atoms with Gasteiger partial charge in [-0.05, 0) is 93.2 Å². The van der Waals surface area contributed by atoms with Gasteiger partial charge in [0.1, 0.15) is 30.0 Å². The molecule has 1 unspecified atom stereocenters. The number of carbonyl (C=O) groups excluding carboxylic acids is 1. The molecule has 18 atom stereocenters. The van der Waals surface area contributed by atoms with Crippen molar-refractivity contribution in [3.8, 4) is 0 Å². The Morgan fingerprint density at radius 1 is 0.946 bits per heavy atom. The van der Waals surface area contributed by atoms with Crippen molar-refractivity contribution in [2.45, 2.75) is 206 Å². The van der Waals surface area contributed by atoms with Crippen molar-refractivity contribution in [1.82, 2.24) is 9.80 Å². The van der Waals surface area contributed by atoms with Gasteiger partial charge in [-0.3, -0.25) is 4.79 Å². The van der Waals surface area contributed by atoms with Gasteiger partial charge in [-0.1, -0.05) is 41.5 Å². The lowest BCUT2D eigenvalue weighted by atomic mass is 9.77. The van der Waals surface area contributed by atoms with E-state index in [1.807, 2.05) is 46.7 Å². The number of methoxy groups -OCH3 is 1. The largest absolute Gasteiger partial charge is 0.459 e. The van der Waals surface area contributed by atoms with Crippen LogP contribution in [0.25, 0.3) is 0 Å². The molecule has 0 saturated carbocycles. The molecule has 0 bridgehead atoms. The minimum atomic E-state index is -1.81. The van der Waals surface area contributed by atoms with E-state index < -0.39 is 96.0 Å². The van der Waals surface area contributed by atoms with Gasteiger partial charge in [0.05, 0.1) is 41.5 Å². The Kier molecular flexibility index (Phi) is 16.9. The molecule has 0 aromatic carbocycles. The predicted octanol–water partition coefficient (Wildman–Crippen LogP) is 3.32. The van der Waals surface area contributed by atoms with Crippen molar-refractivity contribution in [1.29, 1.82) is 0 Å². The third-order valence-electron chi connectivity index (χ3n) is 12.8. The van der Waals surface area contributed by atoms with Gasteiger partial charge in [-0.25, -0.2) is 0 Å². The number of aliphatic hydroxyl groups excluding tert-OH is 3. The molecule has 0 aromatic rings. The molecule has 3 aliphatic heterocycles. The van der Waals surface area contributed by atoms with Gasteiger partial charge >= 0.3 is 5.97 Å². The summed E-state index contributed by atoms with van der Waals surface area (Å²) in [5.74, 6) is -2.61. The summed E-state index contributed by atoms with van der Waals surface area (Å²) in [5.41, 5.74) is -4.43. The standard InChI is InChI=1S/C42H80N2O12/c1-17-30-42(13,50)34(46)27(6)43(14)21-23(2)19-40(11,49)36(56-38-32(45)29(18-24(3)52-38)44(15)22-39(8,9)10)25(4)33(26(5)37(48)54-30)55-31-20-41(12,51-16)35(47)28(7)53-31/h23-36,38,45-47,49-50H,17-22H2,1-16H3/t23-,24-,25+,26-,27-,28+,29+,30-,31+,32-,33+,34-,35+,36-,38?,40-,41-,42-/m1/s1. The highest BCUT2D eigenvalue weighted by atomic mass is 16.7. The molecule has 3 rings (SSSR count). The Morgan fingerprint density at radius 2 is 1.55 bits per heavy atom. The number of ether oxygens (including phenoxy) is 6. The topological polar surface area (TPSA) is 180 Å². The minimum absolute atomic E-state index is 0.0292. The lowest BCUT2D eigenvalue weighted by molar-refractivity contribution is -0.318. The van der Waals surface area contributed by atoms with Crippen LogP contribution in [-0.2, 0) is 33.2 Å². The van der Waals surface area contributed by atoms with Crippen molar-refractivity contribution in [2.24, 2.45) is 23.2 Å². The summed E-state index contributed by atoms with van der Waals surface area (Å²) in [6.45, 7) is 25.3. The fourth-order valence-corrected chi connectivity index (χ4v) is 9.53. The second-order valence-corrected chi connectivity index (χ2v) is 19.7. The zero-order valence-corrected chi connectivity index (χ0v) is 37.4.